The fraction of sp³-hybridized carbons (Fsp3) is 0.312. The molecule has 106 valence electrons. The molecule has 1 N–H and O–H groups in total. The van der Waals surface area contributed by atoms with Gasteiger partial charge in [-0.05, 0) is 38.1 Å². The molecule has 0 bridgehead atoms. The number of aromatic carboxylic acids is 1. The van der Waals surface area contributed by atoms with Crippen molar-refractivity contribution in [1.29, 1.82) is 0 Å². The average Bonchev–Trinajstić information content (AvgIpc) is 2.84. The van der Waals surface area contributed by atoms with E-state index in [1.807, 2.05) is 54.8 Å². The molecule has 0 radical (unpaired) electrons. The summed E-state index contributed by atoms with van der Waals surface area (Å²) in [6.45, 7) is 4.49. The Morgan fingerprint density at radius 1 is 1.20 bits per heavy atom. The van der Waals surface area contributed by atoms with E-state index in [2.05, 4.69) is 0 Å². The van der Waals surface area contributed by atoms with Crippen LogP contribution >= 0.6 is 0 Å². The molecule has 0 saturated heterocycles. The van der Waals surface area contributed by atoms with Gasteiger partial charge in [0, 0.05) is 18.2 Å². The van der Waals surface area contributed by atoms with Crippen LogP contribution in [0, 0.1) is 0 Å². The van der Waals surface area contributed by atoms with Crippen LogP contribution in [-0.4, -0.2) is 22.2 Å². The normalized spacial score (nSPS) is 10.8. The Morgan fingerprint density at radius 2 is 1.90 bits per heavy atom. The number of nitrogens with zero attached hydrogens (tertiary/aromatic N) is 1. The van der Waals surface area contributed by atoms with Gasteiger partial charge in [-0.2, -0.15) is 0 Å². The molecule has 0 spiro atoms. The van der Waals surface area contributed by atoms with Gasteiger partial charge in [0.1, 0.15) is 11.4 Å². The first-order valence-electron chi connectivity index (χ1n) is 6.71. The SMILES string of the molecule is CC(C)n1c(CCOc2ccccc2)ccc1C(=O)O. The zero-order chi connectivity index (χ0) is 14.5. The van der Waals surface area contributed by atoms with Crippen molar-refractivity contribution < 1.29 is 14.6 Å². The second kappa shape index (κ2) is 6.28. The van der Waals surface area contributed by atoms with Crippen LogP contribution in [0.3, 0.4) is 0 Å². The maximum atomic E-state index is 11.2. The molecule has 1 heterocycles. The molecule has 2 aromatic rings. The smallest absolute Gasteiger partial charge is 0.352 e. The molecule has 1 aromatic carbocycles. The molecular formula is C16H19NO3. The number of rotatable bonds is 6. The molecule has 4 nitrogen and oxygen atoms in total. The van der Waals surface area contributed by atoms with E-state index in [9.17, 15) is 9.90 Å². The lowest BCUT2D eigenvalue weighted by Gasteiger charge is -2.15. The van der Waals surface area contributed by atoms with Crippen LogP contribution < -0.4 is 4.74 Å². The maximum absolute atomic E-state index is 11.2. The highest BCUT2D eigenvalue weighted by Gasteiger charge is 2.15. The summed E-state index contributed by atoms with van der Waals surface area (Å²) in [6, 6.07) is 13.2. The van der Waals surface area contributed by atoms with Crippen LogP contribution in [0.15, 0.2) is 42.5 Å². The molecule has 0 fully saturated rings. The summed E-state index contributed by atoms with van der Waals surface area (Å²) in [7, 11) is 0. The van der Waals surface area contributed by atoms with E-state index in [0.717, 1.165) is 11.4 Å². The van der Waals surface area contributed by atoms with Crippen molar-refractivity contribution >= 4 is 5.97 Å². The summed E-state index contributed by atoms with van der Waals surface area (Å²) in [5, 5.41) is 9.18. The first kappa shape index (κ1) is 14.2. The Hall–Kier alpha value is -2.23. The highest BCUT2D eigenvalue weighted by atomic mass is 16.5. The second-order valence-corrected chi connectivity index (χ2v) is 4.89. The lowest BCUT2D eigenvalue weighted by molar-refractivity contribution is 0.0682. The Balaban J connectivity index is 2.04. The predicted octanol–water partition coefficient (Wildman–Crippen LogP) is 3.39. The van der Waals surface area contributed by atoms with E-state index in [-0.39, 0.29) is 6.04 Å². The van der Waals surface area contributed by atoms with Crippen molar-refractivity contribution in [2.75, 3.05) is 6.61 Å². The lowest BCUT2D eigenvalue weighted by Crippen LogP contribution is -2.15. The van der Waals surface area contributed by atoms with E-state index in [0.29, 0.717) is 18.7 Å². The van der Waals surface area contributed by atoms with Gasteiger partial charge in [-0.3, -0.25) is 0 Å². The topological polar surface area (TPSA) is 51.5 Å². The van der Waals surface area contributed by atoms with Crippen LogP contribution in [0.4, 0.5) is 0 Å². The number of benzene rings is 1. The van der Waals surface area contributed by atoms with Gasteiger partial charge < -0.3 is 14.4 Å². The zero-order valence-corrected chi connectivity index (χ0v) is 11.7. The molecule has 0 aliphatic heterocycles. The van der Waals surface area contributed by atoms with Crippen molar-refractivity contribution in [2.45, 2.75) is 26.3 Å². The van der Waals surface area contributed by atoms with Gasteiger partial charge >= 0.3 is 5.97 Å². The van der Waals surface area contributed by atoms with Crippen LogP contribution in [-0.2, 0) is 6.42 Å². The molecule has 0 aliphatic carbocycles. The van der Waals surface area contributed by atoms with Gasteiger partial charge in [-0.1, -0.05) is 18.2 Å². The van der Waals surface area contributed by atoms with Crippen LogP contribution in [0.25, 0.3) is 0 Å². The summed E-state index contributed by atoms with van der Waals surface area (Å²) < 4.78 is 7.50. The Labute approximate surface area is 118 Å². The molecule has 0 amide bonds. The van der Waals surface area contributed by atoms with E-state index < -0.39 is 5.97 Å². The first-order valence-corrected chi connectivity index (χ1v) is 6.71. The Kier molecular flexibility index (Phi) is 4.45. The molecule has 0 aliphatic rings. The average molecular weight is 273 g/mol. The van der Waals surface area contributed by atoms with Crippen LogP contribution in [0.1, 0.15) is 36.1 Å². The van der Waals surface area contributed by atoms with E-state index >= 15 is 0 Å². The van der Waals surface area contributed by atoms with E-state index in [1.165, 1.54) is 0 Å². The molecule has 1 aromatic heterocycles. The van der Waals surface area contributed by atoms with Crippen LogP contribution in [0.5, 0.6) is 5.75 Å². The van der Waals surface area contributed by atoms with Gasteiger partial charge in [0.25, 0.3) is 0 Å². The number of aromatic nitrogens is 1. The standard InChI is InChI=1S/C16H19NO3/c1-12(2)17-13(8-9-15(17)16(18)19)10-11-20-14-6-4-3-5-7-14/h3-9,12H,10-11H2,1-2H3,(H,18,19). The number of carbonyl (C=O) groups is 1. The molecule has 0 atom stereocenters. The van der Waals surface area contributed by atoms with Crippen LogP contribution in [0.2, 0.25) is 0 Å². The monoisotopic (exact) mass is 273 g/mol. The third-order valence-corrected chi connectivity index (χ3v) is 3.11. The molecule has 2 rings (SSSR count). The number of hydrogen-bond acceptors (Lipinski definition) is 2. The Morgan fingerprint density at radius 3 is 2.50 bits per heavy atom. The minimum Gasteiger partial charge on any atom is -0.493 e. The summed E-state index contributed by atoms with van der Waals surface area (Å²) >= 11 is 0. The van der Waals surface area contributed by atoms with Gasteiger partial charge in [-0.15, -0.1) is 0 Å². The summed E-state index contributed by atoms with van der Waals surface area (Å²) in [6.07, 6.45) is 0.681. The van der Waals surface area contributed by atoms with Crippen molar-refractivity contribution in [1.82, 2.24) is 4.57 Å². The fourth-order valence-electron chi connectivity index (χ4n) is 2.27. The summed E-state index contributed by atoms with van der Waals surface area (Å²) in [4.78, 5) is 11.2. The van der Waals surface area contributed by atoms with E-state index in [1.54, 1.807) is 6.07 Å². The van der Waals surface area contributed by atoms with Gasteiger partial charge in [0.2, 0.25) is 0 Å². The maximum Gasteiger partial charge on any atom is 0.352 e. The number of carboxylic acids is 1. The number of hydrogen-bond donors (Lipinski definition) is 1. The quantitative estimate of drug-likeness (QED) is 0.877. The minimum absolute atomic E-state index is 0.114. The van der Waals surface area contributed by atoms with Crippen molar-refractivity contribution in [2.24, 2.45) is 0 Å². The third kappa shape index (κ3) is 3.20. The fourth-order valence-corrected chi connectivity index (χ4v) is 2.27. The van der Waals surface area contributed by atoms with Gasteiger partial charge in [0.05, 0.1) is 6.61 Å². The zero-order valence-electron chi connectivity index (χ0n) is 11.7. The van der Waals surface area contributed by atoms with Gasteiger partial charge in [-0.25, -0.2) is 4.79 Å². The largest absolute Gasteiger partial charge is 0.493 e. The van der Waals surface area contributed by atoms with Crippen molar-refractivity contribution in [3.8, 4) is 5.75 Å². The van der Waals surface area contributed by atoms with Crippen molar-refractivity contribution in [3.05, 3.63) is 53.9 Å². The summed E-state index contributed by atoms with van der Waals surface area (Å²) in [5.41, 5.74) is 1.31. The lowest BCUT2D eigenvalue weighted by atomic mass is 10.3. The predicted molar refractivity (Wildman–Crippen MR) is 77.4 cm³/mol. The highest BCUT2D eigenvalue weighted by molar-refractivity contribution is 5.86. The molecular weight excluding hydrogens is 254 g/mol. The van der Waals surface area contributed by atoms with Gasteiger partial charge in [0.15, 0.2) is 0 Å². The van der Waals surface area contributed by atoms with Crippen molar-refractivity contribution in [3.63, 3.8) is 0 Å². The Bertz CT molecular complexity index is 573. The number of carboxylic acid groups (broad SMARTS) is 1. The number of para-hydroxylation sites is 1. The second-order valence-electron chi connectivity index (χ2n) is 4.89. The first-order chi connectivity index (χ1) is 9.59. The highest BCUT2D eigenvalue weighted by Crippen LogP contribution is 2.17. The molecule has 0 unspecified atom stereocenters. The summed E-state index contributed by atoms with van der Waals surface area (Å²) in [5.74, 6) is -0.0671. The third-order valence-electron chi connectivity index (χ3n) is 3.11. The molecule has 4 heteroatoms. The molecule has 0 saturated carbocycles. The molecule has 20 heavy (non-hydrogen) atoms. The minimum atomic E-state index is -0.895. The van der Waals surface area contributed by atoms with E-state index in [4.69, 9.17) is 4.74 Å². The number of ether oxygens (including phenoxy) is 1.